The van der Waals surface area contributed by atoms with E-state index in [0.29, 0.717) is 28.0 Å². The third kappa shape index (κ3) is 3.77. The third-order valence-corrected chi connectivity index (χ3v) is 3.31. The number of pyridine rings is 1. The number of carbonyl (C=O) groups excluding carboxylic acids is 1. The number of thioether (sulfide) groups is 1. The molecular formula is C14H12F2N2OS. The van der Waals surface area contributed by atoms with Gasteiger partial charge in [-0.05, 0) is 42.8 Å². The summed E-state index contributed by atoms with van der Waals surface area (Å²) in [5.74, 6) is -2.30. The topological polar surface area (TPSA) is 42.0 Å². The average molecular weight is 294 g/mol. The summed E-state index contributed by atoms with van der Waals surface area (Å²) < 4.78 is 24.4. The van der Waals surface area contributed by atoms with Crippen molar-refractivity contribution in [2.45, 2.75) is 17.6 Å². The molecule has 2 aromatic rings. The molecule has 1 N–H and O–H groups in total. The molecule has 1 aromatic carbocycles. The lowest BCUT2D eigenvalue weighted by molar-refractivity contribution is 0.102. The molecule has 0 unspecified atom stereocenters. The quantitative estimate of drug-likeness (QED) is 0.868. The van der Waals surface area contributed by atoms with Gasteiger partial charge in [0.05, 0.1) is 0 Å². The molecule has 0 saturated carbocycles. The maximum atomic E-state index is 12.2. The molecule has 0 aliphatic heterocycles. The minimum absolute atomic E-state index is 0.319. The number of aromatic nitrogens is 1. The van der Waals surface area contributed by atoms with Gasteiger partial charge in [0.25, 0.3) is 11.7 Å². The van der Waals surface area contributed by atoms with Gasteiger partial charge < -0.3 is 5.32 Å². The van der Waals surface area contributed by atoms with Gasteiger partial charge in [-0.1, -0.05) is 17.8 Å². The first-order valence-electron chi connectivity index (χ1n) is 5.84. The summed E-state index contributed by atoms with van der Waals surface area (Å²) >= 11 is 0.448. The molecule has 0 radical (unpaired) electrons. The molecule has 1 aromatic heterocycles. The smallest absolute Gasteiger partial charge is 0.288 e. The molecule has 1 amide bonds. The Labute approximate surface area is 119 Å². The standard InChI is InChI=1S/C14H12F2N2OS/c1-9-3-2-8-17-12(9)18-13(19)10-4-6-11(7-5-10)20-14(15)16/h2-8,14H,1H3,(H,17,18,19). The minimum atomic E-state index is -2.47. The molecule has 3 nitrogen and oxygen atoms in total. The van der Waals surface area contributed by atoms with Gasteiger partial charge >= 0.3 is 0 Å². The van der Waals surface area contributed by atoms with E-state index < -0.39 is 5.76 Å². The van der Waals surface area contributed by atoms with Gasteiger partial charge in [0.15, 0.2) is 0 Å². The van der Waals surface area contributed by atoms with E-state index in [1.165, 1.54) is 24.3 Å². The van der Waals surface area contributed by atoms with Crippen LogP contribution in [0.2, 0.25) is 0 Å². The number of amides is 1. The monoisotopic (exact) mass is 294 g/mol. The molecule has 0 bridgehead atoms. The largest absolute Gasteiger partial charge is 0.306 e. The Morgan fingerprint density at radius 1 is 1.25 bits per heavy atom. The molecule has 0 saturated heterocycles. The highest BCUT2D eigenvalue weighted by Crippen LogP contribution is 2.25. The maximum Gasteiger partial charge on any atom is 0.288 e. The van der Waals surface area contributed by atoms with Crippen molar-refractivity contribution in [2.24, 2.45) is 0 Å². The van der Waals surface area contributed by atoms with Crippen LogP contribution in [0, 0.1) is 6.92 Å². The second kappa shape index (κ2) is 6.47. The number of nitrogens with one attached hydrogen (secondary N) is 1. The lowest BCUT2D eigenvalue weighted by Crippen LogP contribution is -2.13. The summed E-state index contributed by atoms with van der Waals surface area (Å²) in [6, 6.07) is 9.64. The Balaban J connectivity index is 2.08. The van der Waals surface area contributed by atoms with E-state index in [-0.39, 0.29) is 5.91 Å². The van der Waals surface area contributed by atoms with Gasteiger partial charge in [-0.25, -0.2) is 4.98 Å². The lowest BCUT2D eigenvalue weighted by Gasteiger charge is -2.07. The van der Waals surface area contributed by atoms with Crippen molar-refractivity contribution >= 4 is 23.5 Å². The Morgan fingerprint density at radius 2 is 1.95 bits per heavy atom. The predicted molar refractivity (Wildman–Crippen MR) is 75.2 cm³/mol. The fourth-order valence-electron chi connectivity index (χ4n) is 1.58. The number of hydrogen-bond acceptors (Lipinski definition) is 3. The number of rotatable bonds is 4. The Bertz CT molecular complexity index is 602. The summed E-state index contributed by atoms with van der Waals surface area (Å²) in [6.45, 7) is 1.84. The molecule has 104 valence electrons. The molecule has 0 atom stereocenters. The summed E-state index contributed by atoms with van der Waals surface area (Å²) in [7, 11) is 0. The number of carbonyl (C=O) groups is 1. The van der Waals surface area contributed by atoms with Crippen LogP contribution < -0.4 is 5.32 Å². The zero-order valence-electron chi connectivity index (χ0n) is 10.6. The average Bonchev–Trinajstić information content (AvgIpc) is 2.41. The second-order valence-electron chi connectivity index (χ2n) is 4.03. The number of nitrogens with zero attached hydrogens (tertiary/aromatic N) is 1. The second-order valence-corrected chi connectivity index (χ2v) is 5.09. The first kappa shape index (κ1) is 14.5. The Morgan fingerprint density at radius 3 is 2.55 bits per heavy atom. The first-order chi connectivity index (χ1) is 9.56. The molecular weight excluding hydrogens is 282 g/mol. The predicted octanol–water partition coefficient (Wildman–Crippen LogP) is 3.96. The third-order valence-electron chi connectivity index (χ3n) is 2.58. The van der Waals surface area contributed by atoms with Crippen molar-refractivity contribution in [1.29, 1.82) is 0 Å². The van der Waals surface area contributed by atoms with Crippen LogP contribution >= 0.6 is 11.8 Å². The molecule has 0 fully saturated rings. The fraction of sp³-hybridized carbons (Fsp3) is 0.143. The number of anilines is 1. The van der Waals surface area contributed by atoms with Crippen LogP contribution in [-0.4, -0.2) is 16.6 Å². The van der Waals surface area contributed by atoms with Crippen molar-refractivity contribution in [3.63, 3.8) is 0 Å². The van der Waals surface area contributed by atoms with Gasteiger partial charge in [0, 0.05) is 16.7 Å². The first-order valence-corrected chi connectivity index (χ1v) is 6.72. The van der Waals surface area contributed by atoms with Crippen LogP contribution in [0.25, 0.3) is 0 Å². The van der Waals surface area contributed by atoms with Crippen molar-refractivity contribution < 1.29 is 13.6 Å². The maximum absolute atomic E-state index is 12.2. The molecule has 0 aliphatic carbocycles. The van der Waals surface area contributed by atoms with Crippen molar-refractivity contribution in [2.75, 3.05) is 5.32 Å². The van der Waals surface area contributed by atoms with Gasteiger partial charge in [-0.15, -0.1) is 0 Å². The molecule has 1 heterocycles. The highest BCUT2D eigenvalue weighted by atomic mass is 32.2. The summed E-state index contributed by atoms with van der Waals surface area (Å²) in [5.41, 5.74) is 1.25. The fourth-order valence-corrected chi connectivity index (χ4v) is 2.08. The van der Waals surface area contributed by atoms with Crippen LogP contribution in [0.5, 0.6) is 0 Å². The normalized spacial score (nSPS) is 10.6. The van der Waals surface area contributed by atoms with Crippen LogP contribution in [0.4, 0.5) is 14.6 Å². The van der Waals surface area contributed by atoms with E-state index in [1.807, 2.05) is 13.0 Å². The van der Waals surface area contributed by atoms with E-state index in [0.717, 1.165) is 5.56 Å². The number of hydrogen-bond donors (Lipinski definition) is 1. The molecule has 20 heavy (non-hydrogen) atoms. The van der Waals surface area contributed by atoms with Crippen LogP contribution in [0.3, 0.4) is 0 Å². The highest BCUT2D eigenvalue weighted by Gasteiger charge is 2.10. The Hall–Kier alpha value is -1.95. The van der Waals surface area contributed by atoms with Crippen molar-refractivity contribution in [1.82, 2.24) is 4.98 Å². The van der Waals surface area contributed by atoms with Gasteiger partial charge in [0.1, 0.15) is 5.82 Å². The van der Waals surface area contributed by atoms with Crippen LogP contribution in [0.15, 0.2) is 47.5 Å². The van der Waals surface area contributed by atoms with Gasteiger partial charge in [-0.2, -0.15) is 8.78 Å². The summed E-state index contributed by atoms with van der Waals surface area (Å²) in [6.07, 6.45) is 1.59. The van der Waals surface area contributed by atoms with E-state index in [2.05, 4.69) is 10.3 Å². The summed E-state index contributed by atoms with van der Waals surface area (Å²) in [5, 5.41) is 2.68. The Kier molecular flexibility index (Phi) is 4.68. The number of halogens is 2. The zero-order valence-corrected chi connectivity index (χ0v) is 11.5. The minimum Gasteiger partial charge on any atom is -0.306 e. The molecule has 0 aliphatic rings. The van der Waals surface area contributed by atoms with E-state index in [1.54, 1.807) is 12.3 Å². The van der Waals surface area contributed by atoms with Crippen molar-refractivity contribution in [3.8, 4) is 0 Å². The van der Waals surface area contributed by atoms with Crippen LogP contribution in [0.1, 0.15) is 15.9 Å². The SMILES string of the molecule is Cc1cccnc1NC(=O)c1ccc(SC(F)F)cc1. The van der Waals surface area contributed by atoms with E-state index in [9.17, 15) is 13.6 Å². The highest BCUT2D eigenvalue weighted by molar-refractivity contribution is 7.99. The van der Waals surface area contributed by atoms with Crippen LogP contribution in [-0.2, 0) is 0 Å². The molecule has 6 heteroatoms. The van der Waals surface area contributed by atoms with E-state index in [4.69, 9.17) is 0 Å². The number of aryl methyl sites for hydroxylation is 1. The lowest BCUT2D eigenvalue weighted by atomic mass is 10.2. The van der Waals surface area contributed by atoms with Gasteiger partial charge in [0.2, 0.25) is 0 Å². The molecule has 0 spiro atoms. The number of alkyl halides is 2. The van der Waals surface area contributed by atoms with Crippen molar-refractivity contribution in [3.05, 3.63) is 53.7 Å². The van der Waals surface area contributed by atoms with Gasteiger partial charge in [-0.3, -0.25) is 4.79 Å². The number of benzene rings is 1. The van der Waals surface area contributed by atoms with E-state index >= 15 is 0 Å². The zero-order chi connectivity index (χ0) is 14.5. The summed E-state index contributed by atoms with van der Waals surface area (Å²) in [4.78, 5) is 16.5. The molecule has 2 rings (SSSR count).